The van der Waals surface area contributed by atoms with Gasteiger partial charge in [0, 0.05) is 10.7 Å². The van der Waals surface area contributed by atoms with Gasteiger partial charge in [0.2, 0.25) is 0 Å². The van der Waals surface area contributed by atoms with E-state index in [2.05, 4.69) is 32.9 Å². The van der Waals surface area contributed by atoms with Crippen LogP contribution in [-0.2, 0) is 0 Å². The minimum atomic E-state index is 0.708. The van der Waals surface area contributed by atoms with Crippen LogP contribution in [0.25, 0.3) is 5.82 Å². The number of rotatable bonds is 4. The van der Waals surface area contributed by atoms with Crippen LogP contribution in [0.3, 0.4) is 0 Å². The number of halogens is 1. The normalized spacial score (nSPS) is 10.4. The average Bonchev–Trinajstić information content (AvgIpc) is 2.76. The number of nitrogens with zero attached hydrogens (tertiary/aromatic N) is 3. The first-order valence-electron chi connectivity index (χ1n) is 5.09. The van der Waals surface area contributed by atoms with Crippen LogP contribution in [-0.4, -0.2) is 21.4 Å². The van der Waals surface area contributed by atoms with Gasteiger partial charge in [-0.1, -0.05) is 6.92 Å². The van der Waals surface area contributed by atoms with Gasteiger partial charge in [0.05, 0.1) is 19.0 Å². The molecule has 0 radical (unpaired) electrons. The molecule has 0 aromatic carbocycles. The van der Waals surface area contributed by atoms with Crippen LogP contribution in [0.5, 0.6) is 5.75 Å². The molecule has 0 aliphatic heterocycles. The van der Waals surface area contributed by atoms with Crippen LogP contribution in [0.1, 0.15) is 13.3 Å². The molecule has 4 nitrogen and oxygen atoms in total. The highest BCUT2D eigenvalue weighted by atomic mass is 79.9. The summed E-state index contributed by atoms with van der Waals surface area (Å²) in [5.74, 6) is 1.54. The maximum Gasteiger partial charge on any atom is 0.157 e. The van der Waals surface area contributed by atoms with Gasteiger partial charge >= 0.3 is 0 Å². The fraction of sp³-hybridized carbons (Fsp3) is 0.273. The van der Waals surface area contributed by atoms with Crippen molar-refractivity contribution in [2.24, 2.45) is 0 Å². The van der Waals surface area contributed by atoms with Crippen molar-refractivity contribution >= 4 is 15.9 Å². The summed E-state index contributed by atoms with van der Waals surface area (Å²) in [6.45, 7) is 2.78. The van der Waals surface area contributed by atoms with Gasteiger partial charge in [-0.25, -0.2) is 9.67 Å². The number of aromatic nitrogens is 3. The third-order valence-corrected chi connectivity index (χ3v) is 2.45. The summed E-state index contributed by atoms with van der Waals surface area (Å²) in [4.78, 5) is 4.24. The molecule has 0 bridgehead atoms. The van der Waals surface area contributed by atoms with Crippen molar-refractivity contribution in [1.82, 2.24) is 14.8 Å². The molecule has 0 fully saturated rings. The highest BCUT2D eigenvalue weighted by molar-refractivity contribution is 9.10. The van der Waals surface area contributed by atoms with Gasteiger partial charge in [0.25, 0.3) is 0 Å². The first-order valence-corrected chi connectivity index (χ1v) is 5.88. The minimum absolute atomic E-state index is 0.708. The summed E-state index contributed by atoms with van der Waals surface area (Å²) < 4.78 is 8.10. The van der Waals surface area contributed by atoms with Crippen LogP contribution >= 0.6 is 15.9 Å². The molecule has 2 aromatic rings. The summed E-state index contributed by atoms with van der Waals surface area (Å²) in [5.41, 5.74) is 0. The van der Waals surface area contributed by atoms with Crippen molar-refractivity contribution in [3.8, 4) is 11.6 Å². The van der Waals surface area contributed by atoms with Gasteiger partial charge in [0.1, 0.15) is 0 Å². The molecule has 0 aliphatic carbocycles. The molecule has 5 heteroatoms. The van der Waals surface area contributed by atoms with Crippen molar-refractivity contribution in [3.05, 3.63) is 35.2 Å². The molecule has 2 heterocycles. The molecule has 0 saturated heterocycles. The van der Waals surface area contributed by atoms with E-state index in [9.17, 15) is 0 Å². The van der Waals surface area contributed by atoms with Gasteiger partial charge in [0.15, 0.2) is 11.6 Å². The van der Waals surface area contributed by atoms with Crippen molar-refractivity contribution in [3.63, 3.8) is 0 Å². The van der Waals surface area contributed by atoms with E-state index in [1.165, 1.54) is 0 Å². The Kier molecular flexibility index (Phi) is 3.56. The van der Waals surface area contributed by atoms with Gasteiger partial charge in [-0.05, 0) is 34.5 Å². The van der Waals surface area contributed by atoms with Crippen molar-refractivity contribution in [2.75, 3.05) is 6.61 Å². The highest BCUT2D eigenvalue weighted by Gasteiger charge is 2.02. The molecule has 0 saturated carbocycles. The van der Waals surface area contributed by atoms with E-state index in [-0.39, 0.29) is 0 Å². The van der Waals surface area contributed by atoms with Crippen LogP contribution in [0.15, 0.2) is 35.2 Å². The number of hydrogen-bond acceptors (Lipinski definition) is 3. The standard InChI is InChI=1S/C11H12BrN3O/c1-2-5-16-10-7-14-15(8-10)11-4-3-9(12)6-13-11/h3-4,6-8H,2,5H2,1H3. The summed E-state index contributed by atoms with van der Waals surface area (Å²) >= 11 is 3.34. The summed E-state index contributed by atoms with van der Waals surface area (Å²) in [6.07, 6.45) is 6.25. The van der Waals surface area contributed by atoms with Crippen LogP contribution in [0, 0.1) is 0 Å². The number of ether oxygens (including phenoxy) is 1. The van der Waals surface area contributed by atoms with Gasteiger partial charge < -0.3 is 4.74 Å². The van der Waals surface area contributed by atoms with E-state index in [1.54, 1.807) is 17.1 Å². The summed E-state index contributed by atoms with van der Waals surface area (Å²) in [6, 6.07) is 3.82. The maximum absolute atomic E-state index is 5.46. The molecule has 0 unspecified atom stereocenters. The van der Waals surface area contributed by atoms with Crippen LogP contribution in [0.4, 0.5) is 0 Å². The second-order valence-electron chi connectivity index (χ2n) is 3.30. The zero-order valence-electron chi connectivity index (χ0n) is 8.93. The lowest BCUT2D eigenvalue weighted by atomic mass is 10.5. The third kappa shape index (κ3) is 2.61. The fourth-order valence-electron chi connectivity index (χ4n) is 1.23. The molecule has 84 valence electrons. The smallest absolute Gasteiger partial charge is 0.157 e. The molecule has 0 aliphatic rings. The largest absolute Gasteiger partial charge is 0.490 e. The lowest BCUT2D eigenvalue weighted by Gasteiger charge is -2.00. The van der Waals surface area contributed by atoms with Crippen LogP contribution < -0.4 is 4.74 Å². The molecule has 2 aromatic heterocycles. The Hall–Kier alpha value is -1.36. The van der Waals surface area contributed by atoms with E-state index in [4.69, 9.17) is 4.74 Å². The molecule has 0 atom stereocenters. The van der Waals surface area contributed by atoms with E-state index >= 15 is 0 Å². The Labute approximate surface area is 102 Å². The Morgan fingerprint density at radius 3 is 2.94 bits per heavy atom. The summed E-state index contributed by atoms with van der Waals surface area (Å²) in [5, 5.41) is 4.18. The predicted octanol–water partition coefficient (Wildman–Crippen LogP) is 2.82. The summed E-state index contributed by atoms with van der Waals surface area (Å²) in [7, 11) is 0. The molecular formula is C11H12BrN3O. The molecule has 0 N–H and O–H groups in total. The number of hydrogen-bond donors (Lipinski definition) is 0. The van der Waals surface area contributed by atoms with E-state index < -0.39 is 0 Å². The Balaban J connectivity index is 2.15. The SMILES string of the molecule is CCCOc1cnn(-c2ccc(Br)cn2)c1. The molecule has 0 amide bonds. The predicted molar refractivity (Wildman–Crippen MR) is 64.8 cm³/mol. The molecule has 16 heavy (non-hydrogen) atoms. The number of pyridine rings is 1. The lowest BCUT2D eigenvalue weighted by molar-refractivity contribution is 0.317. The molecular weight excluding hydrogens is 270 g/mol. The van der Waals surface area contributed by atoms with Crippen molar-refractivity contribution in [2.45, 2.75) is 13.3 Å². The maximum atomic E-state index is 5.46. The second kappa shape index (κ2) is 5.12. The monoisotopic (exact) mass is 281 g/mol. The van der Waals surface area contributed by atoms with E-state index in [0.29, 0.717) is 6.61 Å². The topological polar surface area (TPSA) is 39.9 Å². The van der Waals surface area contributed by atoms with Crippen LogP contribution in [0.2, 0.25) is 0 Å². The lowest BCUT2D eigenvalue weighted by Crippen LogP contribution is -1.97. The zero-order valence-corrected chi connectivity index (χ0v) is 10.5. The molecule has 0 spiro atoms. The van der Waals surface area contributed by atoms with Gasteiger partial charge in [-0.3, -0.25) is 0 Å². The quantitative estimate of drug-likeness (QED) is 0.865. The minimum Gasteiger partial charge on any atom is -0.490 e. The van der Waals surface area contributed by atoms with E-state index in [1.807, 2.05) is 18.3 Å². The van der Waals surface area contributed by atoms with Gasteiger partial charge in [-0.2, -0.15) is 5.10 Å². The third-order valence-electron chi connectivity index (χ3n) is 1.98. The fourth-order valence-corrected chi connectivity index (χ4v) is 1.46. The molecule has 2 rings (SSSR count). The Bertz CT molecular complexity index is 453. The Morgan fingerprint density at radius 1 is 1.38 bits per heavy atom. The first-order chi connectivity index (χ1) is 7.79. The first kappa shape index (κ1) is 11.1. The second-order valence-corrected chi connectivity index (χ2v) is 4.22. The zero-order chi connectivity index (χ0) is 11.4. The van der Waals surface area contributed by atoms with Crippen molar-refractivity contribution < 1.29 is 4.74 Å². The van der Waals surface area contributed by atoms with Gasteiger partial charge in [-0.15, -0.1) is 0 Å². The van der Waals surface area contributed by atoms with Crippen molar-refractivity contribution in [1.29, 1.82) is 0 Å². The average molecular weight is 282 g/mol. The van der Waals surface area contributed by atoms with E-state index in [0.717, 1.165) is 22.5 Å². The highest BCUT2D eigenvalue weighted by Crippen LogP contribution is 2.14. The Morgan fingerprint density at radius 2 is 2.25 bits per heavy atom.